The quantitative estimate of drug-likeness (QED) is 0.404. The van der Waals surface area contributed by atoms with E-state index in [1.807, 2.05) is 11.8 Å². The van der Waals surface area contributed by atoms with Crippen LogP contribution in [-0.2, 0) is 4.74 Å². The molecule has 2 N–H and O–H groups in total. The highest BCUT2D eigenvalue weighted by Crippen LogP contribution is 2.33. The van der Waals surface area contributed by atoms with Gasteiger partial charge in [0.2, 0.25) is 0 Å². The molecule has 1 fully saturated rings. The van der Waals surface area contributed by atoms with Crippen LogP contribution in [0.25, 0.3) is 0 Å². The number of thioether (sulfide) groups is 1. The summed E-state index contributed by atoms with van der Waals surface area (Å²) in [5.41, 5.74) is 0.234. The Morgan fingerprint density at radius 2 is 1.96 bits per heavy atom. The lowest BCUT2D eigenvalue weighted by Gasteiger charge is -2.38. The molecule has 134 valence electrons. The predicted octanol–water partition coefficient (Wildman–Crippen LogP) is 3.91. The summed E-state index contributed by atoms with van der Waals surface area (Å²) in [4.78, 5) is 6.04. The van der Waals surface area contributed by atoms with Gasteiger partial charge in [0, 0.05) is 32.6 Å². The van der Waals surface area contributed by atoms with Gasteiger partial charge in [-0.05, 0) is 45.0 Å². The van der Waals surface area contributed by atoms with E-state index in [4.69, 9.17) is 9.73 Å². The molecule has 1 aromatic rings. The second kappa shape index (κ2) is 8.59. The van der Waals surface area contributed by atoms with Crippen molar-refractivity contribution < 1.29 is 4.74 Å². The van der Waals surface area contributed by atoms with E-state index in [1.54, 1.807) is 0 Å². The average molecular weight is 414 g/mol. The third kappa shape index (κ3) is 6.30. The van der Waals surface area contributed by atoms with Gasteiger partial charge in [-0.25, -0.2) is 0 Å². The summed E-state index contributed by atoms with van der Waals surface area (Å²) >= 11 is 5.33. The van der Waals surface area contributed by atoms with Crippen molar-refractivity contribution in [2.24, 2.45) is 10.4 Å². The van der Waals surface area contributed by atoms with E-state index in [0.29, 0.717) is 0 Å². The molecule has 0 amide bonds. The van der Waals surface area contributed by atoms with Crippen LogP contribution in [-0.4, -0.2) is 43.6 Å². The molecule has 0 spiro atoms. The van der Waals surface area contributed by atoms with E-state index in [9.17, 15) is 0 Å². The van der Waals surface area contributed by atoms with Crippen LogP contribution in [0.5, 0.6) is 0 Å². The number of hydrogen-bond acceptors (Lipinski definition) is 3. The van der Waals surface area contributed by atoms with Gasteiger partial charge in [0.05, 0.1) is 19.8 Å². The van der Waals surface area contributed by atoms with E-state index in [0.717, 1.165) is 43.3 Å². The summed E-state index contributed by atoms with van der Waals surface area (Å²) < 4.78 is 6.45. The van der Waals surface area contributed by atoms with Crippen LogP contribution >= 0.6 is 27.7 Å². The molecule has 24 heavy (non-hydrogen) atoms. The maximum absolute atomic E-state index is 5.31. The molecule has 1 heterocycles. The largest absolute Gasteiger partial charge is 0.380 e. The fourth-order valence-electron chi connectivity index (χ4n) is 2.31. The molecule has 1 aliphatic heterocycles. The van der Waals surface area contributed by atoms with Gasteiger partial charge in [0.1, 0.15) is 0 Å². The van der Waals surface area contributed by atoms with Gasteiger partial charge < -0.3 is 15.4 Å². The highest BCUT2D eigenvalue weighted by Gasteiger charge is 2.33. The lowest BCUT2D eigenvalue weighted by molar-refractivity contribution is -0.0971. The Morgan fingerprint density at radius 1 is 1.29 bits per heavy atom. The molecule has 0 unspecified atom stereocenters. The van der Waals surface area contributed by atoms with Gasteiger partial charge >= 0.3 is 0 Å². The number of nitrogens with zero attached hydrogens (tertiary/aromatic N) is 1. The third-order valence-corrected chi connectivity index (χ3v) is 5.47. The van der Waals surface area contributed by atoms with E-state index in [2.05, 4.69) is 78.5 Å². The zero-order chi connectivity index (χ0) is 17.6. The zero-order valence-corrected chi connectivity index (χ0v) is 17.4. The Balaban J connectivity index is 1.91. The van der Waals surface area contributed by atoms with Crippen molar-refractivity contribution in [1.82, 2.24) is 10.6 Å². The SMILES string of the molecule is CCNC(=NCC(C)(C)Sc1ccc(Br)cc1)NCC1(C)COC1. The molecule has 1 saturated heterocycles. The van der Waals surface area contributed by atoms with Crippen molar-refractivity contribution in [2.75, 3.05) is 32.8 Å². The monoisotopic (exact) mass is 413 g/mol. The summed E-state index contributed by atoms with van der Waals surface area (Å²) in [5, 5.41) is 6.78. The lowest BCUT2D eigenvalue weighted by atomic mass is 9.89. The molecule has 6 heteroatoms. The summed E-state index contributed by atoms with van der Waals surface area (Å²) in [7, 11) is 0. The van der Waals surface area contributed by atoms with Crippen LogP contribution < -0.4 is 10.6 Å². The predicted molar refractivity (Wildman–Crippen MR) is 107 cm³/mol. The fourth-order valence-corrected chi connectivity index (χ4v) is 3.62. The minimum atomic E-state index is 0.0274. The summed E-state index contributed by atoms with van der Waals surface area (Å²) in [5.74, 6) is 0.884. The number of rotatable bonds is 7. The van der Waals surface area contributed by atoms with Crippen molar-refractivity contribution in [3.05, 3.63) is 28.7 Å². The molecule has 0 radical (unpaired) electrons. The summed E-state index contributed by atoms with van der Waals surface area (Å²) in [6.45, 7) is 12.9. The first-order valence-electron chi connectivity index (χ1n) is 8.36. The van der Waals surface area contributed by atoms with Crippen molar-refractivity contribution in [1.29, 1.82) is 0 Å². The zero-order valence-electron chi connectivity index (χ0n) is 15.0. The Bertz CT molecular complexity index is 556. The highest BCUT2D eigenvalue weighted by atomic mass is 79.9. The number of aliphatic imine (C=N–C) groups is 1. The normalized spacial score (nSPS) is 17.3. The van der Waals surface area contributed by atoms with Crippen LogP contribution in [0.2, 0.25) is 0 Å². The van der Waals surface area contributed by atoms with Gasteiger partial charge in [0.25, 0.3) is 0 Å². The lowest BCUT2D eigenvalue weighted by Crippen LogP contribution is -2.51. The van der Waals surface area contributed by atoms with Gasteiger partial charge in [-0.3, -0.25) is 4.99 Å². The minimum absolute atomic E-state index is 0.0274. The molecular formula is C18H28BrN3OS. The van der Waals surface area contributed by atoms with Crippen molar-refractivity contribution in [3.8, 4) is 0 Å². The first-order valence-corrected chi connectivity index (χ1v) is 9.97. The fraction of sp³-hybridized carbons (Fsp3) is 0.611. The summed E-state index contributed by atoms with van der Waals surface area (Å²) in [6, 6.07) is 8.44. The number of benzene rings is 1. The van der Waals surface area contributed by atoms with Crippen molar-refractivity contribution in [2.45, 2.75) is 37.3 Å². The van der Waals surface area contributed by atoms with E-state index in [1.165, 1.54) is 4.90 Å². The standard InChI is InChI=1S/C18H28BrN3OS/c1-5-20-16(22-11-18(4)12-23-13-18)21-10-17(2,3)24-15-8-6-14(19)7-9-15/h6-9H,5,10-13H2,1-4H3,(H2,20,21,22). The molecule has 0 bridgehead atoms. The first kappa shape index (κ1) is 19.6. The average Bonchev–Trinajstić information content (AvgIpc) is 2.50. The molecule has 1 aliphatic rings. The molecule has 0 saturated carbocycles. The Labute approximate surface area is 158 Å². The number of halogens is 1. The molecule has 4 nitrogen and oxygen atoms in total. The molecule has 0 aromatic heterocycles. The van der Waals surface area contributed by atoms with E-state index < -0.39 is 0 Å². The minimum Gasteiger partial charge on any atom is -0.380 e. The molecule has 0 atom stereocenters. The topological polar surface area (TPSA) is 45.7 Å². The van der Waals surface area contributed by atoms with Gasteiger partial charge in [-0.1, -0.05) is 22.9 Å². The van der Waals surface area contributed by atoms with E-state index >= 15 is 0 Å². The number of guanidine groups is 1. The van der Waals surface area contributed by atoms with Crippen molar-refractivity contribution >= 4 is 33.7 Å². The van der Waals surface area contributed by atoms with Gasteiger partial charge in [0.15, 0.2) is 5.96 Å². The smallest absolute Gasteiger partial charge is 0.191 e. The van der Waals surface area contributed by atoms with E-state index in [-0.39, 0.29) is 10.2 Å². The third-order valence-electron chi connectivity index (χ3n) is 3.75. The Morgan fingerprint density at radius 3 is 2.50 bits per heavy atom. The molecular weight excluding hydrogens is 386 g/mol. The van der Waals surface area contributed by atoms with Crippen LogP contribution in [0, 0.1) is 5.41 Å². The number of ether oxygens (including phenoxy) is 1. The van der Waals surface area contributed by atoms with Crippen LogP contribution in [0.15, 0.2) is 38.6 Å². The number of nitrogens with one attached hydrogen (secondary N) is 2. The van der Waals surface area contributed by atoms with Crippen LogP contribution in [0.1, 0.15) is 27.7 Å². The first-order chi connectivity index (χ1) is 11.3. The molecule has 2 rings (SSSR count). The second-order valence-electron chi connectivity index (χ2n) is 7.17. The summed E-state index contributed by atoms with van der Waals surface area (Å²) in [6.07, 6.45) is 0. The highest BCUT2D eigenvalue weighted by molar-refractivity contribution is 9.10. The second-order valence-corrected chi connectivity index (χ2v) is 9.86. The van der Waals surface area contributed by atoms with Crippen LogP contribution in [0.4, 0.5) is 0 Å². The number of hydrogen-bond donors (Lipinski definition) is 2. The maximum atomic E-state index is 5.31. The molecule has 1 aromatic carbocycles. The van der Waals surface area contributed by atoms with Crippen molar-refractivity contribution in [3.63, 3.8) is 0 Å². The van der Waals surface area contributed by atoms with Crippen LogP contribution in [0.3, 0.4) is 0 Å². The van der Waals surface area contributed by atoms with Gasteiger partial charge in [-0.2, -0.15) is 0 Å². The molecule has 0 aliphatic carbocycles. The maximum Gasteiger partial charge on any atom is 0.191 e. The Hall–Kier alpha value is -0.720. The Kier molecular flexibility index (Phi) is 7.01. The van der Waals surface area contributed by atoms with Gasteiger partial charge in [-0.15, -0.1) is 11.8 Å².